The molecule has 4 rings (SSSR count). The van der Waals surface area contributed by atoms with Gasteiger partial charge < -0.3 is 19.7 Å². The third-order valence-corrected chi connectivity index (χ3v) is 7.41. The van der Waals surface area contributed by atoms with Gasteiger partial charge >= 0.3 is 5.97 Å². The number of aliphatic carboxylic acids is 1. The highest BCUT2D eigenvalue weighted by molar-refractivity contribution is 5.84. The van der Waals surface area contributed by atoms with E-state index >= 15 is 0 Å². The summed E-state index contributed by atoms with van der Waals surface area (Å²) in [5, 5.41) is 21.0. The molecule has 11 heteroatoms. The lowest BCUT2D eigenvalue weighted by molar-refractivity contribution is -0.141. The van der Waals surface area contributed by atoms with E-state index in [2.05, 4.69) is 4.98 Å². The number of aliphatic hydroxyl groups is 1. The molecule has 39 heavy (non-hydrogen) atoms. The van der Waals surface area contributed by atoms with Crippen molar-refractivity contribution in [1.82, 2.24) is 9.88 Å². The van der Waals surface area contributed by atoms with E-state index in [9.17, 15) is 32.6 Å². The molecule has 2 aromatic carbocycles. The van der Waals surface area contributed by atoms with Crippen molar-refractivity contribution in [2.45, 2.75) is 38.2 Å². The predicted molar refractivity (Wildman–Crippen MR) is 135 cm³/mol. The molecule has 1 aromatic heterocycles. The number of piperidine rings is 1. The number of halogens is 4. The Morgan fingerprint density at radius 3 is 2.44 bits per heavy atom. The van der Waals surface area contributed by atoms with Crippen LogP contribution in [0.5, 0.6) is 11.5 Å². The number of carboxylic acids is 1. The van der Waals surface area contributed by atoms with Gasteiger partial charge in [0.1, 0.15) is 24.0 Å². The quantitative estimate of drug-likeness (QED) is 0.315. The number of benzene rings is 2. The maximum absolute atomic E-state index is 14.8. The van der Waals surface area contributed by atoms with Crippen LogP contribution in [-0.2, 0) is 4.79 Å². The van der Waals surface area contributed by atoms with Gasteiger partial charge in [0.25, 0.3) is 0 Å². The molecule has 0 bridgehead atoms. The molecule has 0 saturated carbocycles. The zero-order chi connectivity index (χ0) is 28.2. The van der Waals surface area contributed by atoms with Gasteiger partial charge in [-0.3, -0.25) is 14.7 Å². The van der Waals surface area contributed by atoms with E-state index < -0.39 is 46.5 Å². The standard InChI is InChI=1S/C28H30F4N2O5/c1-38-18-2-3-23-19(14-18)26(22(32)16-33-23)24(35)4-5-28(15-25(36)37)6-8-34(9-7-28)10-11-39-27-20(30)12-17(29)13-21(27)31/h2-3,12-14,16,24,35H,4-11,15H2,1H3,(H,36,37)/t24-/m1/s1. The molecule has 1 atom stereocenters. The van der Waals surface area contributed by atoms with Crippen LogP contribution in [0.1, 0.15) is 43.8 Å². The number of hydrogen-bond donors (Lipinski definition) is 2. The summed E-state index contributed by atoms with van der Waals surface area (Å²) >= 11 is 0. The average molecular weight is 551 g/mol. The van der Waals surface area contributed by atoms with Gasteiger partial charge in [0.2, 0.25) is 0 Å². The maximum atomic E-state index is 14.8. The Balaban J connectivity index is 1.39. The minimum absolute atomic E-state index is 0.0397. The number of pyridine rings is 1. The Morgan fingerprint density at radius 2 is 1.79 bits per heavy atom. The summed E-state index contributed by atoms with van der Waals surface area (Å²) in [5.74, 6) is -5.05. The maximum Gasteiger partial charge on any atom is 0.303 e. The summed E-state index contributed by atoms with van der Waals surface area (Å²) in [4.78, 5) is 17.8. The highest BCUT2D eigenvalue weighted by atomic mass is 19.1. The fraction of sp³-hybridized carbons (Fsp3) is 0.429. The van der Waals surface area contributed by atoms with Crippen molar-refractivity contribution in [3.63, 3.8) is 0 Å². The van der Waals surface area contributed by atoms with Gasteiger partial charge in [-0.15, -0.1) is 0 Å². The molecule has 3 aromatic rings. The topological polar surface area (TPSA) is 92.1 Å². The normalized spacial score (nSPS) is 16.3. The molecular formula is C28H30F4N2O5. The fourth-order valence-corrected chi connectivity index (χ4v) is 5.25. The van der Waals surface area contributed by atoms with Gasteiger partial charge in [-0.1, -0.05) is 0 Å². The van der Waals surface area contributed by atoms with Gasteiger partial charge in [0, 0.05) is 29.6 Å². The molecular weight excluding hydrogens is 520 g/mol. The van der Waals surface area contributed by atoms with E-state index in [1.54, 1.807) is 18.2 Å². The first-order valence-corrected chi connectivity index (χ1v) is 12.6. The Kier molecular flexibility index (Phi) is 8.91. The molecule has 0 radical (unpaired) electrons. The average Bonchev–Trinajstić information content (AvgIpc) is 2.89. The number of aromatic nitrogens is 1. The van der Waals surface area contributed by atoms with Crippen molar-refractivity contribution in [1.29, 1.82) is 0 Å². The largest absolute Gasteiger partial charge is 0.497 e. The molecule has 1 aliphatic heterocycles. The Labute approximate surface area is 223 Å². The minimum atomic E-state index is -1.18. The van der Waals surface area contributed by atoms with Crippen LogP contribution in [0.25, 0.3) is 10.9 Å². The number of carboxylic acid groups (broad SMARTS) is 1. The molecule has 0 unspecified atom stereocenters. The molecule has 1 aliphatic rings. The number of fused-ring (bicyclic) bond motifs is 1. The monoisotopic (exact) mass is 550 g/mol. The van der Waals surface area contributed by atoms with Crippen LogP contribution in [0.4, 0.5) is 17.6 Å². The molecule has 1 fully saturated rings. The predicted octanol–water partition coefficient (Wildman–Crippen LogP) is 5.25. The number of rotatable bonds is 11. The van der Waals surface area contributed by atoms with Gasteiger partial charge in [-0.2, -0.15) is 0 Å². The van der Waals surface area contributed by atoms with Crippen molar-refractivity contribution in [3.8, 4) is 11.5 Å². The van der Waals surface area contributed by atoms with Crippen LogP contribution < -0.4 is 9.47 Å². The molecule has 2 N–H and O–H groups in total. The lowest BCUT2D eigenvalue weighted by atomic mass is 9.71. The summed E-state index contributed by atoms with van der Waals surface area (Å²) in [6.45, 7) is 1.30. The molecule has 0 amide bonds. The SMILES string of the molecule is COc1ccc2ncc(F)c([C@H](O)CCC3(CC(=O)O)CCN(CCOc4c(F)cc(F)cc4F)CC3)c2c1. The molecule has 0 spiro atoms. The summed E-state index contributed by atoms with van der Waals surface area (Å²) in [6.07, 6.45) is 1.27. The zero-order valence-corrected chi connectivity index (χ0v) is 21.4. The van der Waals surface area contributed by atoms with Crippen LogP contribution in [0.15, 0.2) is 36.5 Å². The molecule has 2 heterocycles. The van der Waals surface area contributed by atoms with Crippen LogP contribution in [0.3, 0.4) is 0 Å². The highest BCUT2D eigenvalue weighted by Gasteiger charge is 2.37. The van der Waals surface area contributed by atoms with Gasteiger partial charge in [0.05, 0.1) is 31.3 Å². The lowest BCUT2D eigenvalue weighted by Gasteiger charge is -2.41. The summed E-state index contributed by atoms with van der Waals surface area (Å²) < 4.78 is 65.9. The van der Waals surface area contributed by atoms with Crippen molar-refractivity contribution < 1.29 is 42.0 Å². The third-order valence-electron chi connectivity index (χ3n) is 7.41. The summed E-state index contributed by atoms with van der Waals surface area (Å²) in [6, 6.07) is 6.07. The van der Waals surface area contributed by atoms with Gasteiger partial charge in [-0.05, 0) is 62.4 Å². The van der Waals surface area contributed by atoms with E-state index in [0.29, 0.717) is 67.7 Å². The first-order valence-electron chi connectivity index (χ1n) is 12.6. The van der Waals surface area contributed by atoms with E-state index in [4.69, 9.17) is 9.47 Å². The second-order valence-electron chi connectivity index (χ2n) is 9.92. The molecule has 210 valence electrons. The van der Waals surface area contributed by atoms with Crippen LogP contribution >= 0.6 is 0 Å². The first kappa shape index (κ1) is 28.6. The summed E-state index contributed by atoms with van der Waals surface area (Å²) in [7, 11) is 1.48. The number of likely N-dealkylation sites (tertiary alicyclic amines) is 1. The zero-order valence-electron chi connectivity index (χ0n) is 21.4. The van der Waals surface area contributed by atoms with Crippen molar-refractivity contribution in [2.75, 3.05) is 33.4 Å². The van der Waals surface area contributed by atoms with Crippen LogP contribution in [0, 0.1) is 28.7 Å². The van der Waals surface area contributed by atoms with E-state index in [0.717, 1.165) is 6.20 Å². The third kappa shape index (κ3) is 6.77. The summed E-state index contributed by atoms with van der Waals surface area (Å²) in [5.41, 5.74) is -0.0160. The van der Waals surface area contributed by atoms with Crippen molar-refractivity contribution in [2.24, 2.45) is 5.41 Å². The highest BCUT2D eigenvalue weighted by Crippen LogP contribution is 2.42. The lowest BCUT2D eigenvalue weighted by Crippen LogP contribution is -2.42. The van der Waals surface area contributed by atoms with Crippen LogP contribution in [0.2, 0.25) is 0 Å². The second-order valence-corrected chi connectivity index (χ2v) is 9.92. The Bertz CT molecular complexity index is 1310. The Hall–Kier alpha value is -3.44. The number of carbonyl (C=O) groups is 1. The first-order chi connectivity index (χ1) is 18.6. The minimum Gasteiger partial charge on any atom is -0.497 e. The number of methoxy groups -OCH3 is 1. The number of aliphatic hydroxyl groups excluding tert-OH is 1. The number of hydrogen-bond acceptors (Lipinski definition) is 6. The smallest absolute Gasteiger partial charge is 0.303 e. The van der Waals surface area contributed by atoms with Gasteiger partial charge in [-0.25, -0.2) is 17.6 Å². The van der Waals surface area contributed by atoms with Crippen LogP contribution in [-0.4, -0.2) is 59.4 Å². The molecule has 0 aliphatic carbocycles. The number of ether oxygens (including phenoxy) is 2. The van der Waals surface area contributed by atoms with Crippen molar-refractivity contribution >= 4 is 16.9 Å². The van der Waals surface area contributed by atoms with E-state index in [-0.39, 0.29) is 25.0 Å². The fourth-order valence-electron chi connectivity index (χ4n) is 5.25. The van der Waals surface area contributed by atoms with E-state index in [1.807, 2.05) is 4.90 Å². The van der Waals surface area contributed by atoms with Crippen molar-refractivity contribution in [3.05, 3.63) is 65.4 Å². The van der Waals surface area contributed by atoms with Gasteiger partial charge in [0.15, 0.2) is 17.4 Å². The molecule has 7 nitrogen and oxygen atoms in total. The Morgan fingerprint density at radius 1 is 1.10 bits per heavy atom. The molecule has 1 saturated heterocycles. The van der Waals surface area contributed by atoms with E-state index in [1.165, 1.54) is 7.11 Å². The second kappa shape index (κ2) is 12.2. The number of nitrogens with zero attached hydrogens (tertiary/aromatic N) is 2.